The Morgan fingerprint density at radius 3 is 1.98 bits per heavy atom. The van der Waals surface area contributed by atoms with Gasteiger partial charge in [0.25, 0.3) is 0 Å². The lowest BCUT2D eigenvalue weighted by atomic mass is 9.78. The Morgan fingerprint density at radius 2 is 1.49 bits per heavy atom. The van der Waals surface area contributed by atoms with Crippen LogP contribution in [0.25, 0.3) is 0 Å². The molecule has 8 nitrogen and oxygen atoms in total. The van der Waals surface area contributed by atoms with E-state index in [2.05, 4.69) is 0 Å². The highest BCUT2D eigenvalue weighted by Gasteiger charge is 2.69. The third kappa shape index (κ3) is 7.66. The van der Waals surface area contributed by atoms with Crippen LogP contribution in [0.2, 0.25) is 10.0 Å². The molecule has 258 valence electrons. The molecule has 1 N–H and O–H groups in total. The normalized spacial score (nSPS) is 24.4. The molecule has 1 aliphatic heterocycles. The van der Waals surface area contributed by atoms with Crippen LogP contribution in [0.4, 0.5) is 22.8 Å². The van der Waals surface area contributed by atoms with Crippen molar-refractivity contribution in [3.05, 3.63) is 68.7 Å². The number of fused-ring (bicyclic) bond motifs is 1. The molecule has 2 aromatic carbocycles. The van der Waals surface area contributed by atoms with Crippen LogP contribution in [0.5, 0.6) is 0 Å². The Balaban J connectivity index is 1.81. The molecule has 4 atom stereocenters. The van der Waals surface area contributed by atoms with E-state index in [1.807, 2.05) is 0 Å². The van der Waals surface area contributed by atoms with Gasteiger partial charge in [-0.3, -0.25) is 4.79 Å². The first-order valence-electron chi connectivity index (χ1n) is 15.0. The van der Waals surface area contributed by atoms with Crippen LogP contribution < -0.4 is 0 Å². The molecule has 1 saturated heterocycles. The smallest absolute Gasteiger partial charge is 0.420 e. The Kier molecular flexibility index (Phi) is 10.3. The average molecular weight is 721 g/mol. The number of imide groups is 1. The van der Waals surface area contributed by atoms with Crippen LogP contribution >= 0.6 is 35.0 Å². The van der Waals surface area contributed by atoms with Crippen molar-refractivity contribution < 1.29 is 46.9 Å². The first-order chi connectivity index (χ1) is 21.5. The number of nitrogens with zero attached hydrogens (tertiary/aromatic N) is 1. The second-order valence-corrected chi connectivity index (χ2v) is 15.9. The fourth-order valence-electron chi connectivity index (χ4n) is 5.90. The summed E-state index contributed by atoms with van der Waals surface area (Å²) in [6, 6.07) is 7.18. The summed E-state index contributed by atoms with van der Waals surface area (Å²) in [6.07, 6.45) is -7.17. The second-order valence-electron chi connectivity index (χ2n) is 13.6. The van der Waals surface area contributed by atoms with E-state index in [1.165, 1.54) is 25.1 Å². The lowest BCUT2D eigenvalue weighted by Gasteiger charge is -2.33. The number of carbonyl (C=O) groups excluding carboxylic acids is 3. The zero-order valence-electron chi connectivity index (χ0n) is 27.1. The number of rotatable bonds is 5. The number of alkyl halides is 3. The van der Waals surface area contributed by atoms with Crippen molar-refractivity contribution in [2.45, 2.75) is 107 Å². The minimum Gasteiger partial charge on any atom is -0.465 e. The van der Waals surface area contributed by atoms with Gasteiger partial charge in [-0.1, -0.05) is 41.4 Å². The molecule has 2 aromatic rings. The molecule has 1 fully saturated rings. The number of esters is 1. The molecule has 4 rings (SSSR count). The minimum atomic E-state index is -4.95. The molecule has 47 heavy (non-hydrogen) atoms. The number of ether oxygens (including phenoxy) is 3. The number of carbonyl (C=O) groups is 3. The summed E-state index contributed by atoms with van der Waals surface area (Å²) >= 11 is 12.5. The Hall–Kier alpha value is -2.67. The molecule has 14 heteroatoms. The summed E-state index contributed by atoms with van der Waals surface area (Å²) in [6.45, 7) is 11.3. The van der Waals surface area contributed by atoms with Gasteiger partial charge >= 0.3 is 24.3 Å². The number of aliphatic hydroxyl groups is 1. The van der Waals surface area contributed by atoms with Crippen molar-refractivity contribution >= 4 is 53.1 Å². The van der Waals surface area contributed by atoms with E-state index in [4.69, 9.17) is 37.4 Å². The molecular weight excluding hydrogens is 682 g/mol. The summed E-state index contributed by atoms with van der Waals surface area (Å²) in [4.78, 5) is 40.8. The predicted octanol–water partition coefficient (Wildman–Crippen LogP) is 8.87. The number of amides is 2. The number of hydrogen-bond donors (Lipinski definition) is 1. The van der Waals surface area contributed by atoms with E-state index in [0.29, 0.717) is 17.5 Å². The molecule has 0 spiro atoms. The van der Waals surface area contributed by atoms with Gasteiger partial charge in [-0.15, -0.1) is 11.8 Å². The van der Waals surface area contributed by atoms with Crippen molar-refractivity contribution in [1.82, 2.24) is 4.90 Å². The van der Waals surface area contributed by atoms with Crippen LogP contribution in [0, 0.1) is 0 Å². The van der Waals surface area contributed by atoms with Gasteiger partial charge in [0, 0.05) is 16.5 Å². The first kappa shape index (κ1) is 37.2. The lowest BCUT2D eigenvalue weighted by Crippen LogP contribution is -2.45. The van der Waals surface area contributed by atoms with Crippen molar-refractivity contribution in [2.24, 2.45) is 0 Å². The maximum Gasteiger partial charge on any atom is 0.420 e. The fourth-order valence-corrected chi connectivity index (χ4v) is 8.10. The van der Waals surface area contributed by atoms with Gasteiger partial charge in [-0.05, 0) is 102 Å². The Labute approximate surface area is 286 Å². The summed E-state index contributed by atoms with van der Waals surface area (Å²) in [5.41, 5.74) is -3.38. The third-order valence-electron chi connectivity index (χ3n) is 7.74. The minimum absolute atomic E-state index is 0.0389. The summed E-state index contributed by atoms with van der Waals surface area (Å²) in [7, 11) is 0. The summed E-state index contributed by atoms with van der Waals surface area (Å²) in [5, 5.41) is 10.4. The Bertz CT molecular complexity index is 1510. The van der Waals surface area contributed by atoms with Crippen LogP contribution in [-0.4, -0.2) is 57.4 Å². The van der Waals surface area contributed by atoms with Crippen LogP contribution in [0.15, 0.2) is 36.4 Å². The van der Waals surface area contributed by atoms with Crippen molar-refractivity contribution in [2.75, 3.05) is 6.61 Å². The van der Waals surface area contributed by atoms with Crippen molar-refractivity contribution in [3.63, 3.8) is 0 Å². The van der Waals surface area contributed by atoms with Gasteiger partial charge in [0.1, 0.15) is 26.8 Å². The van der Waals surface area contributed by atoms with E-state index in [1.54, 1.807) is 47.6 Å². The summed E-state index contributed by atoms with van der Waals surface area (Å²) < 4.78 is 58.8. The van der Waals surface area contributed by atoms with Gasteiger partial charge < -0.3 is 19.3 Å². The largest absolute Gasteiger partial charge is 0.465 e. The topological polar surface area (TPSA) is 102 Å². The molecule has 0 saturated carbocycles. The van der Waals surface area contributed by atoms with Gasteiger partial charge in [0.2, 0.25) is 0 Å². The maximum absolute atomic E-state index is 15.1. The monoisotopic (exact) mass is 719 g/mol. The SMILES string of the molecule is CCOC(=O)C1SC(c2cc(Cl)cc(Cl)c2)(C(F)(F)F)CC1(O)c1ccc2c(c1)CCC2N(C(=O)OC(C)(C)C)C(=O)OC(C)(C)C. The zero-order valence-corrected chi connectivity index (χ0v) is 29.4. The molecule has 0 bridgehead atoms. The second kappa shape index (κ2) is 13.0. The quantitative estimate of drug-likeness (QED) is 0.242. The fraction of sp³-hybridized carbons (Fsp3) is 0.545. The number of benzene rings is 2. The maximum atomic E-state index is 15.1. The Morgan fingerprint density at radius 1 is 0.936 bits per heavy atom. The molecule has 1 aliphatic carbocycles. The molecule has 0 radical (unpaired) electrons. The van der Waals surface area contributed by atoms with E-state index in [-0.39, 0.29) is 46.0 Å². The van der Waals surface area contributed by atoms with Crippen molar-refractivity contribution in [3.8, 4) is 0 Å². The average Bonchev–Trinajstić information content (AvgIpc) is 3.46. The van der Waals surface area contributed by atoms with Crippen molar-refractivity contribution in [1.29, 1.82) is 0 Å². The number of hydrogen-bond acceptors (Lipinski definition) is 8. The highest BCUT2D eigenvalue weighted by molar-refractivity contribution is 8.02. The van der Waals surface area contributed by atoms with E-state index in [0.717, 1.165) is 17.0 Å². The molecule has 1 heterocycles. The third-order valence-corrected chi connectivity index (χ3v) is 10.0. The lowest BCUT2D eigenvalue weighted by molar-refractivity contribution is -0.174. The number of thioether (sulfide) groups is 1. The molecular formula is C33H38Cl2F3NO7S. The summed E-state index contributed by atoms with van der Waals surface area (Å²) in [5.74, 6) is -1.02. The number of aryl methyl sites for hydroxylation is 1. The van der Waals surface area contributed by atoms with E-state index in [9.17, 15) is 19.5 Å². The zero-order chi connectivity index (χ0) is 35.3. The van der Waals surface area contributed by atoms with Gasteiger partial charge in [0.15, 0.2) is 0 Å². The van der Waals surface area contributed by atoms with Crippen LogP contribution in [-0.2, 0) is 35.8 Å². The molecule has 4 unspecified atom stereocenters. The molecule has 2 aliphatic rings. The van der Waals surface area contributed by atoms with E-state index < -0.39 is 63.6 Å². The number of halogens is 5. The highest BCUT2D eigenvalue weighted by Crippen LogP contribution is 2.65. The predicted molar refractivity (Wildman–Crippen MR) is 173 cm³/mol. The van der Waals surface area contributed by atoms with Gasteiger partial charge in [-0.25, -0.2) is 14.5 Å². The molecule has 2 amide bonds. The highest BCUT2D eigenvalue weighted by atomic mass is 35.5. The standard InChI is InChI=1S/C33H38Cl2F3NO7S/c1-8-44-26(40)25-31(43,17-32(47-25,33(36,37)38)20-14-21(34)16-22(35)15-20)19-10-11-23-18(13-19)9-12-24(23)39(27(41)45-29(2,3)4)28(42)46-30(5,6)7/h10-11,13-16,24-25,43H,8-9,12,17H2,1-7H3. The van der Waals surface area contributed by atoms with Crippen LogP contribution in [0.1, 0.15) is 89.6 Å². The van der Waals surface area contributed by atoms with Crippen LogP contribution in [0.3, 0.4) is 0 Å². The first-order valence-corrected chi connectivity index (χ1v) is 16.6. The molecule has 0 aromatic heterocycles. The van der Waals surface area contributed by atoms with E-state index >= 15 is 13.2 Å². The van der Waals surface area contributed by atoms with Gasteiger partial charge in [-0.2, -0.15) is 13.2 Å². The van der Waals surface area contributed by atoms with Gasteiger partial charge in [0.05, 0.1) is 12.6 Å².